The van der Waals surface area contributed by atoms with E-state index in [9.17, 15) is 10.1 Å². The van der Waals surface area contributed by atoms with Crippen LogP contribution in [0.2, 0.25) is 0 Å². The van der Waals surface area contributed by atoms with Gasteiger partial charge >= 0.3 is 5.69 Å². The molecule has 0 spiro atoms. The Hall–Kier alpha value is -1.89. The molecule has 21 heavy (non-hydrogen) atoms. The topological polar surface area (TPSA) is 106 Å². The molecule has 0 aromatic carbocycles. The van der Waals surface area contributed by atoms with Gasteiger partial charge in [0.05, 0.1) is 4.92 Å². The van der Waals surface area contributed by atoms with Crippen molar-refractivity contribution in [3.05, 3.63) is 22.2 Å². The molecule has 0 saturated heterocycles. The second kappa shape index (κ2) is 7.21. The number of nitrogen functional groups attached to an aromatic ring is 1. The molecule has 0 bridgehead atoms. The molecule has 4 N–H and O–H groups in total. The molecule has 1 saturated carbocycles. The van der Waals surface area contributed by atoms with Crippen molar-refractivity contribution < 1.29 is 4.92 Å². The number of rotatable bonds is 6. The van der Waals surface area contributed by atoms with E-state index in [0.29, 0.717) is 18.3 Å². The molecule has 1 aliphatic rings. The van der Waals surface area contributed by atoms with Crippen LogP contribution in [0.3, 0.4) is 0 Å². The number of nitrogens with two attached hydrogens (primary N) is 1. The summed E-state index contributed by atoms with van der Waals surface area (Å²) in [6.07, 6.45) is 6.13. The number of hydrogen-bond donors (Lipinski definition) is 3. The molecule has 7 heteroatoms. The lowest BCUT2D eigenvalue weighted by atomic mass is 9.81. The van der Waals surface area contributed by atoms with Crippen molar-refractivity contribution in [2.45, 2.75) is 39.0 Å². The Morgan fingerprint density at radius 3 is 2.95 bits per heavy atom. The van der Waals surface area contributed by atoms with E-state index >= 15 is 0 Å². The Labute approximate surface area is 124 Å². The van der Waals surface area contributed by atoms with Crippen molar-refractivity contribution in [1.29, 1.82) is 0 Å². The Morgan fingerprint density at radius 1 is 1.48 bits per heavy atom. The van der Waals surface area contributed by atoms with Gasteiger partial charge in [-0.05, 0) is 30.7 Å². The second-order valence-corrected chi connectivity index (χ2v) is 5.82. The van der Waals surface area contributed by atoms with Crippen LogP contribution < -0.4 is 16.6 Å². The normalized spacial score (nSPS) is 21.8. The molecule has 1 aliphatic carbocycles. The fourth-order valence-corrected chi connectivity index (χ4v) is 3.03. The van der Waals surface area contributed by atoms with Crippen molar-refractivity contribution in [3.63, 3.8) is 0 Å². The summed E-state index contributed by atoms with van der Waals surface area (Å²) in [5, 5.41) is 14.1. The van der Waals surface area contributed by atoms with E-state index in [2.05, 4.69) is 22.7 Å². The maximum atomic E-state index is 11.0. The van der Waals surface area contributed by atoms with Crippen LogP contribution in [0.25, 0.3) is 0 Å². The lowest BCUT2D eigenvalue weighted by Gasteiger charge is -2.26. The summed E-state index contributed by atoms with van der Waals surface area (Å²) in [6, 6.07) is 2.90. The molecular formula is C14H23N5O2. The number of hydrazine groups is 1. The lowest BCUT2D eigenvalue weighted by Crippen LogP contribution is -2.17. The highest BCUT2D eigenvalue weighted by Crippen LogP contribution is 2.31. The minimum Gasteiger partial charge on any atom is -0.364 e. The number of hydrogen-bond acceptors (Lipinski definition) is 6. The quantitative estimate of drug-likeness (QED) is 0.423. The maximum absolute atomic E-state index is 11.0. The average Bonchev–Trinajstić information content (AvgIpc) is 2.47. The third-order valence-electron chi connectivity index (χ3n) is 4.11. The van der Waals surface area contributed by atoms with Gasteiger partial charge in [-0.2, -0.15) is 0 Å². The second-order valence-electron chi connectivity index (χ2n) is 5.82. The molecule has 2 rings (SSSR count). The molecule has 1 heterocycles. The van der Waals surface area contributed by atoms with E-state index in [-0.39, 0.29) is 11.5 Å². The molecule has 1 fully saturated rings. The van der Waals surface area contributed by atoms with Crippen LogP contribution in [-0.2, 0) is 0 Å². The van der Waals surface area contributed by atoms with E-state index in [4.69, 9.17) is 5.84 Å². The highest BCUT2D eigenvalue weighted by atomic mass is 16.6. The van der Waals surface area contributed by atoms with Gasteiger partial charge in [0, 0.05) is 12.6 Å². The highest BCUT2D eigenvalue weighted by Gasteiger charge is 2.20. The van der Waals surface area contributed by atoms with Gasteiger partial charge in [0.15, 0.2) is 0 Å². The van der Waals surface area contributed by atoms with Crippen LogP contribution in [0.4, 0.5) is 17.3 Å². The van der Waals surface area contributed by atoms with Gasteiger partial charge < -0.3 is 10.7 Å². The van der Waals surface area contributed by atoms with Crippen LogP contribution in [0.1, 0.15) is 39.0 Å². The van der Waals surface area contributed by atoms with Crippen molar-refractivity contribution in [3.8, 4) is 0 Å². The number of anilines is 2. The third kappa shape index (κ3) is 4.29. The van der Waals surface area contributed by atoms with Crippen molar-refractivity contribution in [2.75, 3.05) is 17.3 Å². The lowest BCUT2D eigenvalue weighted by molar-refractivity contribution is -0.384. The SMILES string of the molecule is CC1CCCC(CCNc2nc(NN)ccc2[N+](=O)[O-])C1. The Morgan fingerprint density at radius 2 is 2.29 bits per heavy atom. The molecule has 7 nitrogen and oxygen atoms in total. The summed E-state index contributed by atoms with van der Waals surface area (Å²) < 4.78 is 0. The summed E-state index contributed by atoms with van der Waals surface area (Å²) in [5.41, 5.74) is 2.38. The van der Waals surface area contributed by atoms with Crippen molar-refractivity contribution >= 4 is 17.3 Å². The number of aromatic nitrogens is 1. The first-order valence-electron chi connectivity index (χ1n) is 7.46. The number of nitrogens with zero attached hydrogens (tertiary/aromatic N) is 2. The average molecular weight is 293 g/mol. The summed E-state index contributed by atoms with van der Waals surface area (Å²) >= 11 is 0. The van der Waals surface area contributed by atoms with Gasteiger partial charge in [0.1, 0.15) is 5.82 Å². The van der Waals surface area contributed by atoms with Gasteiger partial charge in [-0.25, -0.2) is 10.8 Å². The van der Waals surface area contributed by atoms with E-state index in [0.717, 1.165) is 12.3 Å². The summed E-state index contributed by atoms with van der Waals surface area (Å²) in [6.45, 7) is 2.99. The van der Waals surface area contributed by atoms with Crippen LogP contribution in [-0.4, -0.2) is 16.5 Å². The fourth-order valence-electron chi connectivity index (χ4n) is 3.03. The van der Waals surface area contributed by atoms with E-state index in [1.165, 1.54) is 37.8 Å². The smallest absolute Gasteiger partial charge is 0.311 e. The van der Waals surface area contributed by atoms with Crippen LogP contribution in [0.5, 0.6) is 0 Å². The van der Waals surface area contributed by atoms with Gasteiger partial charge in [0.25, 0.3) is 0 Å². The van der Waals surface area contributed by atoms with Crippen molar-refractivity contribution in [1.82, 2.24) is 4.98 Å². The van der Waals surface area contributed by atoms with Crippen LogP contribution >= 0.6 is 0 Å². The predicted molar refractivity (Wildman–Crippen MR) is 82.9 cm³/mol. The highest BCUT2D eigenvalue weighted by molar-refractivity contribution is 5.59. The Kier molecular flexibility index (Phi) is 5.32. The van der Waals surface area contributed by atoms with Gasteiger partial charge in [-0.3, -0.25) is 10.1 Å². The van der Waals surface area contributed by atoms with Crippen molar-refractivity contribution in [2.24, 2.45) is 17.7 Å². The number of pyridine rings is 1. The third-order valence-corrected chi connectivity index (χ3v) is 4.11. The molecular weight excluding hydrogens is 270 g/mol. The van der Waals surface area contributed by atoms with Crippen LogP contribution in [0, 0.1) is 22.0 Å². The van der Waals surface area contributed by atoms with E-state index in [1.807, 2.05) is 0 Å². The summed E-state index contributed by atoms with van der Waals surface area (Å²) in [5.74, 6) is 7.48. The Bertz CT molecular complexity index is 494. The zero-order valence-electron chi connectivity index (χ0n) is 12.3. The number of nitro groups is 1. The monoisotopic (exact) mass is 293 g/mol. The summed E-state index contributed by atoms with van der Waals surface area (Å²) in [7, 11) is 0. The Balaban J connectivity index is 1.93. The molecule has 1 aromatic heterocycles. The first-order chi connectivity index (χ1) is 10.1. The standard InChI is InChI=1S/C14H23N5O2/c1-10-3-2-4-11(9-10)7-8-16-14-12(19(20)21)5-6-13(17-14)18-15/h5-6,10-11H,2-4,7-9,15H2,1H3,(H2,16,17,18). The zero-order valence-corrected chi connectivity index (χ0v) is 12.3. The first-order valence-corrected chi connectivity index (χ1v) is 7.46. The molecule has 0 radical (unpaired) electrons. The van der Waals surface area contributed by atoms with Gasteiger partial charge in [-0.15, -0.1) is 0 Å². The minimum atomic E-state index is -0.432. The number of nitrogens with one attached hydrogen (secondary N) is 2. The summed E-state index contributed by atoms with van der Waals surface area (Å²) in [4.78, 5) is 14.7. The molecule has 0 aliphatic heterocycles. The van der Waals surface area contributed by atoms with E-state index < -0.39 is 4.92 Å². The molecule has 2 unspecified atom stereocenters. The van der Waals surface area contributed by atoms with Gasteiger partial charge in [-0.1, -0.05) is 26.2 Å². The maximum Gasteiger partial charge on any atom is 0.311 e. The molecule has 116 valence electrons. The molecule has 0 amide bonds. The molecule has 1 aromatic rings. The fraction of sp³-hybridized carbons (Fsp3) is 0.643. The predicted octanol–water partition coefficient (Wildman–Crippen LogP) is 2.90. The zero-order chi connectivity index (χ0) is 15.2. The van der Waals surface area contributed by atoms with Crippen LogP contribution in [0.15, 0.2) is 12.1 Å². The largest absolute Gasteiger partial charge is 0.364 e. The van der Waals surface area contributed by atoms with Gasteiger partial charge in [0.2, 0.25) is 5.82 Å². The minimum absolute atomic E-state index is 0.0222. The molecule has 2 atom stereocenters. The first kappa shape index (κ1) is 15.5. The van der Waals surface area contributed by atoms with E-state index in [1.54, 1.807) is 0 Å².